The summed E-state index contributed by atoms with van der Waals surface area (Å²) in [7, 11) is 0. The van der Waals surface area contributed by atoms with E-state index in [1.54, 1.807) is 0 Å². The lowest BCUT2D eigenvalue weighted by Crippen LogP contribution is -2.45. The lowest BCUT2D eigenvalue weighted by Gasteiger charge is -2.35. The van der Waals surface area contributed by atoms with Gasteiger partial charge in [-0.05, 0) is 25.8 Å². The van der Waals surface area contributed by atoms with Crippen molar-refractivity contribution in [2.75, 3.05) is 26.3 Å². The van der Waals surface area contributed by atoms with Crippen LogP contribution in [-0.4, -0.2) is 42.2 Å². The molecule has 0 aromatic carbocycles. The van der Waals surface area contributed by atoms with Gasteiger partial charge < -0.3 is 10.5 Å². The molecule has 1 aliphatic heterocycles. The van der Waals surface area contributed by atoms with Crippen molar-refractivity contribution >= 4 is 17.2 Å². The van der Waals surface area contributed by atoms with Crippen molar-refractivity contribution in [3.8, 4) is 0 Å². The molecule has 1 atom stereocenters. The molecule has 1 saturated heterocycles. The number of hydrogen-bond acceptors (Lipinski definition) is 3. The van der Waals surface area contributed by atoms with E-state index in [1.807, 2.05) is 0 Å². The van der Waals surface area contributed by atoms with Gasteiger partial charge in [0.05, 0.1) is 18.2 Å². The van der Waals surface area contributed by atoms with Gasteiger partial charge in [0.1, 0.15) is 0 Å². The molecule has 100 valence electrons. The van der Waals surface area contributed by atoms with Crippen LogP contribution in [0.2, 0.25) is 0 Å². The van der Waals surface area contributed by atoms with Crippen molar-refractivity contribution in [1.82, 2.24) is 4.90 Å². The molecule has 0 radical (unpaired) electrons. The first kappa shape index (κ1) is 14.9. The monoisotopic (exact) mass is 258 g/mol. The number of hydrogen-bond donors (Lipinski definition) is 1. The van der Waals surface area contributed by atoms with E-state index in [1.165, 1.54) is 6.42 Å². The predicted molar refractivity (Wildman–Crippen MR) is 76.3 cm³/mol. The summed E-state index contributed by atoms with van der Waals surface area (Å²) >= 11 is 5.09. The lowest BCUT2D eigenvalue weighted by molar-refractivity contribution is -0.00968. The first-order chi connectivity index (χ1) is 7.97. The maximum atomic E-state index is 5.74. The Balaban J connectivity index is 2.32. The molecule has 2 N–H and O–H groups in total. The van der Waals surface area contributed by atoms with Gasteiger partial charge in [0.25, 0.3) is 0 Å². The molecule has 0 aromatic heterocycles. The largest absolute Gasteiger partial charge is 0.393 e. The molecule has 1 rings (SSSR count). The molecule has 4 heteroatoms. The molecule has 17 heavy (non-hydrogen) atoms. The van der Waals surface area contributed by atoms with E-state index in [9.17, 15) is 0 Å². The van der Waals surface area contributed by atoms with Crippen molar-refractivity contribution in [2.45, 2.75) is 46.1 Å². The maximum Gasteiger partial charge on any atom is 0.0784 e. The van der Waals surface area contributed by atoms with Gasteiger partial charge in [-0.2, -0.15) is 0 Å². The lowest BCUT2D eigenvalue weighted by atomic mass is 9.87. The van der Waals surface area contributed by atoms with Crippen molar-refractivity contribution in [2.24, 2.45) is 11.1 Å². The van der Waals surface area contributed by atoms with E-state index in [4.69, 9.17) is 22.7 Å². The quantitative estimate of drug-likeness (QED) is 0.741. The van der Waals surface area contributed by atoms with Crippen LogP contribution in [0.3, 0.4) is 0 Å². The highest BCUT2D eigenvalue weighted by Crippen LogP contribution is 2.23. The van der Waals surface area contributed by atoms with Crippen LogP contribution in [0.1, 0.15) is 40.0 Å². The molecule has 0 spiro atoms. The third-order valence-electron chi connectivity index (χ3n) is 3.73. The molecule has 0 aromatic rings. The van der Waals surface area contributed by atoms with Crippen LogP contribution in [0.15, 0.2) is 0 Å². The van der Waals surface area contributed by atoms with E-state index in [0.717, 1.165) is 39.1 Å². The number of nitrogens with two attached hydrogens (primary N) is 1. The van der Waals surface area contributed by atoms with Crippen molar-refractivity contribution in [3.63, 3.8) is 0 Å². The average Bonchev–Trinajstić information content (AvgIpc) is 2.29. The Bertz CT molecular complexity index is 256. The molecule has 3 nitrogen and oxygen atoms in total. The van der Waals surface area contributed by atoms with Crippen LogP contribution >= 0.6 is 12.2 Å². The summed E-state index contributed by atoms with van der Waals surface area (Å²) < 4.78 is 5.51. The fourth-order valence-corrected chi connectivity index (χ4v) is 2.31. The summed E-state index contributed by atoms with van der Waals surface area (Å²) in [6, 6.07) is 0.594. The van der Waals surface area contributed by atoms with Gasteiger partial charge in [0.15, 0.2) is 0 Å². The summed E-state index contributed by atoms with van der Waals surface area (Å²) in [5, 5.41) is 0. The standard InChI is InChI=1S/C13H26N2OS/c1-4-11-10-16-9-8-15(11)7-5-6-13(2,3)12(14)17/h11H,4-10H2,1-3H3,(H2,14,17). The number of ether oxygens (including phenoxy) is 1. The summed E-state index contributed by atoms with van der Waals surface area (Å²) in [6.45, 7) is 10.4. The molecule has 0 amide bonds. The van der Waals surface area contributed by atoms with Gasteiger partial charge in [0.2, 0.25) is 0 Å². The Labute approximate surface area is 111 Å². The first-order valence-electron chi connectivity index (χ1n) is 6.59. The van der Waals surface area contributed by atoms with Gasteiger partial charge in [-0.1, -0.05) is 33.0 Å². The summed E-state index contributed by atoms with van der Waals surface area (Å²) in [6.07, 6.45) is 3.38. The first-order valence-corrected chi connectivity index (χ1v) is 7.00. The second-order valence-corrected chi connectivity index (χ2v) is 5.96. The van der Waals surface area contributed by atoms with Gasteiger partial charge in [-0.25, -0.2) is 0 Å². The van der Waals surface area contributed by atoms with Crippen LogP contribution in [0.5, 0.6) is 0 Å². The second kappa shape index (κ2) is 6.66. The number of rotatable bonds is 6. The van der Waals surface area contributed by atoms with E-state index in [-0.39, 0.29) is 5.41 Å². The van der Waals surface area contributed by atoms with Crippen LogP contribution in [0, 0.1) is 5.41 Å². The SMILES string of the molecule is CCC1COCCN1CCCC(C)(C)C(N)=S. The predicted octanol–water partition coefficient (Wildman–Crippen LogP) is 2.19. The molecule has 1 heterocycles. The minimum absolute atomic E-state index is 0.0106. The number of nitrogens with zero attached hydrogens (tertiary/aromatic N) is 1. The van der Waals surface area contributed by atoms with Gasteiger partial charge in [-0.3, -0.25) is 4.90 Å². The third kappa shape index (κ3) is 4.53. The minimum atomic E-state index is -0.0106. The highest BCUT2D eigenvalue weighted by Gasteiger charge is 2.24. The van der Waals surface area contributed by atoms with E-state index >= 15 is 0 Å². The molecular formula is C13H26N2OS. The molecule has 0 bridgehead atoms. The Morgan fingerprint density at radius 3 is 2.82 bits per heavy atom. The second-order valence-electron chi connectivity index (χ2n) is 5.52. The van der Waals surface area contributed by atoms with E-state index in [0.29, 0.717) is 11.0 Å². The Kier molecular flexibility index (Phi) is 5.83. The molecular weight excluding hydrogens is 232 g/mol. The Morgan fingerprint density at radius 1 is 1.53 bits per heavy atom. The summed E-state index contributed by atoms with van der Waals surface area (Å²) in [4.78, 5) is 3.17. The smallest absolute Gasteiger partial charge is 0.0784 e. The van der Waals surface area contributed by atoms with Crippen molar-refractivity contribution < 1.29 is 4.74 Å². The molecule has 1 fully saturated rings. The molecule has 1 unspecified atom stereocenters. The Hall–Kier alpha value is -0.190. The average molecular weight is 258 g/mol. The van der Waals surface area contributed by atoms with Crippen LogP contribution in [0.4, 0.5) is 0 Å². The van der Waals surface area contributed by atoms with Crippen LogP contribution in [-0.2, 0) is 4.74 Å². The van der Waals surface area contributed by atoms with Crippen molar-refractivity contribution in [3.05, 3.63) is 0 Å². The fourth-order valence-electron chi connectivity index (χ4n) is 2.21. The van der Waals surface area contributed by atoms with E-state index < -0.39 is 0 Å². The highest BCUT2D eigenvalue weighted by atomic mass is 32.1. The van der Waals surface area contributed by atoms with Gasteiger partial charge >= 0.3 is 0 Å². The summed E-state index contributed by atoms with van der Waals surface area (Å²) in [5.41, 5.74) is 5.73. The molecule has 1 aliphatic rings. The number of thiocarbonyl (C=S) groups is 1. The van der Waals surface area contributed by atoms with Crippen LogP contribution < -0.4 is 5.73 Å². The van der Waals surface area contributed by atoms with Crippen molar-refractivity contribution in [1.29, 1.82) is 0 Å². The Morgan fingerprint density at radius 2 is 2.24 bits per heavy atom. The maximum absolute atomic E-state index is 5.74. The normalized spacial score (nSPS) is 22.6. The molecule has 0 aliphatic carbocycles. The van der Waals surface area contributed by atoms with Crippen LogP contribution in [0.25, 0.3) is 0 Å². The van der Waals surface area contributed by atoms with E-state index in [2.05, 4.69) is 25.7 Å². The zero-order chi connectivity index (χ0) is 12.9. The minimum Gasteiger partial charge on any atom is -0.393 e. The van der Waals surface area contributed by atoms with Gasteiger partial charge in [-0.15, -0.1) is 0 Å². The van der Waals surface area contributed by atoms with Gasteiger partial charge in [0, 0.05) is 18.0 Å². The zero-order valence-electron chi connectivity index (χ0n) is 11.4. The highest BCUT2D eigenvalue weighted by molar-refractivity contribution is 7.80. The zero-order valence-corrected chi connectivity index (χ0v) is 12.2. The molecule has 0 saturated carbocycles. The topological polar surface area (TPSA) is 38.5 Å². The summed E-state index contributed by atoms with van der Waals surface area (Å²) in [5.74, 6) is 0. The number of morpholine rings is 1. The third-order valence-corrected chi connectivity index (χ3v) is 4.29. The fraction of sp³-hybridized carbons (Fsp3) is 0.923.